The molecule has 1 aliphatic heterocycles. The van der Waals surface area contributed by atoms with Crippen molar-refractivity contribution in [2.75, 3.05) is 4.90 Å². The van der Waals surface area contributed by atoms with Crippen molar-refractivity contribution in [1.29, 1.82) is 0 Å². The van der Waals surface area contributed by atoms with Crippen LogP contribution in [0, 0.1) is 5.41 Å². The number of urea groups is 1. The van der Waals surface area contributed by atoms with Gasteiger partial charge < -0.3 is 0 Å². The number of rotatable bonds is 3. The van der Waals surface area contributed by atoms with Gasteiger partial charge in [0.2, 0.25) is 11.8 Å². The second kappa shape index (κ2) is 7.08. The Morgan fingerprint density at radius 2 is 1.81 bits per heavy atom. The van der Waals surface area contributed by atoms with Gasteiger partial charge in [0.25, 0.3) is 0 Å². The highest BCUT2D eigenvalue weighted by atomic mass is 32.1. The zero-order valence-corrected chi connectivity index (χ0v) is 16.1. The van der Waals surface area contributed by atoms with E-state index in [1.54, 1.807) is 45.0 Å². The van der Waals surface area contributed by atoms with Crippen molar-refractivity contribution in [2.45, 2.75) is 33.1 Å². The molecule has 1 aromatic carbocycles. The predicted octanol–water partition coefficient (Wildman–Crippen LogP) is 3.27. The second-order valence-electron chi connectivity index (χ2n) is 7.40. The van der Waals surface area contributed by atoms with E-state index in [1.807, 2.05) is 17.5 Å². The van der Waals surface area contributed by atoms with E-state index in [0.29, 0.717) is 11.3 Å². The number of hydrogen-bond donors (Lipinski definition) is 1. The zero-order chi connectivity index (χ0) is 19.8. The molecule has 0 bridgehead atoms. The summed E-state index contributed by atoms with van der Waals surface area (Å²) in [5.41, 5.74) is 0.0421. The third kappa shape index (κ3) is 3.68. The number of anilines is 1. The van der Waals surface area contributed by atoms with Crippen LogP contribution >= 0.6 is 11.3 Å². The summed E-state index contributed by atoms with van der Waals surface area (Å²) < 4.78 is 0. The number of hydrogen-bond acceptors (Lipinski definition) is 5. The summed E-state index contributed by atoms with van der Waals surface area (Å²) in [6.45, 7) is 5.01. The van der Waals surface area contributed by atoms with Crippen molar-refractivity contribution in [2.24, 2.45) is 5.41 Å². The topological polar surface area (TPSA) is 83.6 Å². The molecule has 0 saturated carbocycles. The number of nitrogens with one attached hydrogen (secondary N) is 1. The SMILES string of the molecule is CC(C)(C)C(=O)NC(=O)N1C(=O)C(C(=O)Cc2cccs2)c2ccccc21. The van der Waals surface area contributed by atoms with E-state index in [9.17, 15) is 19.2 Å². The highest BCUT2D eigenvalue weighted by Gasteiger charge is 2.45. The third-order valence-corrected chi connectivity index (χ3v) is 5.19. The van der Waals surface area contributed by atoms with E-state index in [1.165, 1.54) is 11.3 Å². The van der Waals surface area contributed by atoms with E-state index in [-0.39, 0.29) is 12.2 Å². The summed E-state index contributed by atoms with van der Waals surface area (Å²) in [6.07, 6.45) is 0.124. The molecule has 140 valence electrons. The molecular formula is C20H20N2O4S. The number of fused-ring (bicyclic) bond motifs is 1. The van der Waals surface area contributed by atoms with Crippen molar-refractivity contribution in [3.63, 3.8) is 0 Å². The van der Waals surface area contributed by atoms with Crippen LogP contribution in [0.25, 0.3) is 0 Å². The van der Waals surface area contributed by atoms with Crippen molar-refractivity contribution in [3.8, 4) is 0 Å². The number of carbonyl (C=O) groups excluding carboxylic acids is 4. The maximum atomic E-state index is 12.9. The second-order valence-corrected chi connectivity index (χ2v) is 8.43. The van der Waals surface area contributed by atoms with Crippen LogP contribution in [-0.4, -0.2) is 23.6 Å². The summed E-state index contributed by atoms with van der Waals surface area (Å²) >= 11 is 1.44. The average molecular weight is 384 g/mol. The number of carbonyl (C=O) groups is 4. The molecule has 2 aromatic rings. The Morgan fingerprint density at radius 3 is 2.44 bits per heavy atom. The number of amides is 4. The molecule has 3 rings (SSSR count). The first-order chi connectivity index (χ1) is 12.7. The van der Waals surface area contributed by atoms with Gasteiger partial charge in [0.05, 0.1) is 5.69 Å². The Labute approximate surface area is 161 Å². The number of para-hydroxylation sites is 1. The summed E-state index contributed by atoms with van der Waals surface area (Å²) in [5.74, 6) is -2.44. The van der Waals surface area contributed by atoms with Gasteiger partial charge in [-0.3, -0.25) is 19.7 Å². The normalized spacial score (nSPS) is 16.2. The fourth-order valence-electron chi connectivity index (χ4n) is 2.86. The van der Waals surface area contributed by atoms with E-state index >= 15 is 0 Å². The smallest absolute Gasteiger partial charge is 0.298 e. The average Bonchev–Trinajstić information content (AvgIpc) is 3.18. The van der Waals surface area contributed by atoms with Gasteiger partial charge in [-0.2, -0.15) is 0 Å². The number of nitrogens with zero attached hydrogens (tertiary/aromatic N) is 1. The number of ketones is 1. The lowest BCUT2D eigenvalue weighted by Crippen LogP contribution is -2.48. The summed E-state index contributed by atoms with van der Waals surface area (Å²) in [7, 11) is 0. The van der Waals surface area contributed by atoms with Crippen molar-refractivity contribution >= 4 is 40.7 Å². The standard InChI is InChI=1S/C20H20N2O4S/c1-20(2,3)18(25)21-19(26)22-14-9-5-4-8-13(14)16(17(22)24)15(23)11-12-7-6-10-27-12/h4-10,16H,11H2,1-3H3,(H,21,25,26). The number of Topliss-reactive ketones (excluding diaryl/α,β-unsaturated/α-hetero) is 1. The molecule has 0 aliphatic carbocycles. The summed E-state index contributed by atoms with van der Waals surface area (Å²) in [5, 5.41) is 4.12. The lowest BCUT2D eigenvalue weighted by Gasteiger charge is -2.21. The maximum Gasteiger partial charge on any atom is 0.335 e. The molecule has 2 heterocycles. The first-order valence-corrected chi connectivity index (χ1v) is 9.41. The Morgan fingerprint density at radius 1 is 1.11 bits per heavy atom. The fourth-order valence-corrected chi connectivity index (χ4v) is 3.58. The molecule has 0 spiro atoms. The van der Waals surface area contributed by atoms with Crippen LogP contribution in [-0.2, 0) is 20.8 Å². The number of thiophene rings is 1. The molecule has 1 aliphatic rings. The summed E-state index contributed by atoms with van der Waals surface area (Å²) in [4.78, 5) is 52.3. The van der Waals surface area contributed by atoms with Gasteiger partial charge in [-0.25, -0.2) is 9.69 Å². The molecule has 1 N–H and O–H groups in total. The molecule has 0 radical (unpaired) electrons. The van der Waals surface area contributed by atoms with E-state index in [4.69, 9.17) is 0 Å². The molecule has 1 aromatic heterocycles. The molecule has 0 saturated heterocycles. The molecule has 1 unspecified atom stereocenters. The maximum absolute atomic E-state index is 12.9. The highest BCUT2D eigenvalue weighted by molar-refractivity contribution is 7.10. The first kappa shape index (κ1) is 19.0. The lowest BCUT2D eigenvalue weighted by atomic mass is 9.94. The Balaban J connectivity index is 1.89. The Hall–Kier alpha value is -2.80. The predicted molar refractivity (Wildman–Crippen MR) is 103 cm³/mol. The van der Waals surface area contributed by atoms with E-state index in [0.717, 1.165) is 9.78 Å². The Bertz CT molecular complexity index is 912. The van der Waals surface area contributed by atoms with Crippen LogP contribution in [0.3, 0.4) is 0 Å². The molecule has 27 heavy (non-hydrogen) atoms. The van der Waals surface area contributed by atoms with Crippen molar-refractivity contribution in [1.82, 2.24) is 5.32 Å². The lowest BCUT2D eigenvalue weighted by molar-refractivity contribution is -0.127. The summed E-state index contributed by atoms with van der Waals surface area (Å²) in [6, 6.07) is 9.52. The highest BCUT2D eigenvalue weighted by Crippen LogP contribution is 2.38. The van der Waals surface area contributed by atoms with Crippen LogP contribution in [0.4, 0.5) is 10.5 Å². The number of imide groups is 2. The fraction of sp³-hybridized carbons (Fsp3) is 0.300. The van der Waals surface area contributed by atoms with Crippen molar-refractivity contribution in [3.05, 3.63) is 52.2 Å². The van der Waals surface area contributed by atoms with E-state index in [2.05, 4.69) is 5.32 Å². The van der Waals surface area contributed by atoms with Gasteiger partial charge >= 0.3 is 6.03 Å². The van der Waals surface area contributed by atoms with Crippen LogP contribution in [0.1, 0.15) is 37.1 Å². The zero-order valence-electron chi connectivity index (χ0n) is 15.3. The quantitative estimate of drug-likeness (QED) is 0.823. The molecular weight excluding hydrogens is 364 g/mol. The van der Waals surface area contributed by atoms with E-state index < -0.39 is 29.2 Å². The van der Waals surface area contributed by atoms with Crippen LogP contribution in [0.2, 0.25) is 0 Å². The minimum atomic E-state index is -1.04. The van der Waals surface area contributed by atoms with Crippen LogP contribution < -0.4 is 10.2 Å². The van der Waals surface area contributed by atoms with Gasteiger partial charge in [0.1, 0.15) is 5.92 Å². The monoisotopic (exact) mass is 384 g/mol. The molecule has 7 heteroatoms. The van der Waals surface area contributed by atoms with Crippen LogP contribution in [0.5, 0.6) is 0 Å². The van der Waals surface area contributed by atoms with Gasteiger partial charge in [-0.15, -0.1) is 11.3 Å². The van der Waals surface area contributed by atoms with Crippen LogP contribution in [0.15, 0.2) is 41.8 Å². The molecule has 1 atom stereocenters. The van der Waals surface area contributed by atoms with Gasteiger partial charge in [-0.1, -0.05) is 45.0 Å². The van der Waals surface area contributed by atoms with Gasteiger partial charge in [-0.05, 0) is 23.1 Å². The Kier molecular flexibility index (Phi) is 4.97. The molecule has 4 amide bonds. The van der Waals surface area contributed by atoms with Gasteiger partial charge in [0.15, 0.2) is 5.78 Å². The van der Waals surface area contributed by atoms with Gasteiger partial charge in [0, 0.05) is 16.7 Å². The third-order valence-electron chi connectivity index (χ3n) is 4.31. The first-order valence-electron chi connectivity index (χ1n) is 8.53. The molecule has 0 fully saturated rings. The largest absolute Gasteiger partial charge is 0.335 e. The molecule has 6 nitrogen and oxygen atoms in total. The minimum Gasteiger partial charge on any atom is -0.298 e. The number of benzene rings is 1. The minimum absolute atomic E-state index is 0.124. The van der Waals surface area contributed by atoms with Crippen molar-refractivity contribution < 1.29 is 19.2 Å².